The third kappa shape index (κ3) is 5.68. The largest absolute Gasteiger partial charge is 0.340 e. The van der Waals surface area contributed by atoms with Crippen LogP contribution in [0.25, 0.3) is 44.1 Å². The Bertz CT molecular complexity index is 2350. The first-order valence-corrected chi connectivity index (χ1v) is 18.5. The normalized spacial score (nSPS) is 17.7. The van der Waals surface area contributed by atoms with Crippen molar-refractivity contribution >= 4 is 55.5 Å². The average Bonchev–Trinajstić information content (AvgIpc) is 3.61. The summed E-state index contributed by atoms with van der Waals surface area (Å²) in [5.74, 6) is 0.558. The van der Waals surface area contributed by atoms with Gasteiger partial charge in [-0.3, -0.25) is 0 Å². The van der Waals surface area contributed by atoms with Crippen LogP contribution in [0.2, 0.25) is 0 Å². The third-order valence-electron chi connectivity index (χ3n) is 10.7. The Labute approximate surface area is 291 Å². The summed E-state index contributed by atoms with van der Waals surface area (Å²) < 4.78 is 5.13. The molecule has 0 bridgehead atoms. The molecule has 1 atom stereocenters. The molecule has 0 saturated heterocycles. The molecule has 2 heteroatoms. The molecule has 1 aromatic heterocycles. The second kappa shape index (κ2) is 13.5. The van der Waals surface area contributed by atoms with Gasteiger partial charge in [-0.25, -0.2) is 0 Å². The quantitative estimate of drug-likeness (QED) is 0.132. The van der Waals surface area contributed by atoms with E-state index in [1.54, 1.807) is 0 Å². The summed E-state index contributed by atoms with van der Waals surface area (Å²) in [4.78, 5) is 0. The molecule has 0 saturated carbocycles. The van der Waals surface area contributed by atoms with Gasteiger partial charge in [-0.15, -0.1) is 0 Å². The van der Waals surface area contributed by atoms with Crippen LogP contribution in [0, 0.1) is 5.92 Å². The number of nitrogens with zero attached hydrogens (tertiary/aromatic N) is 2. The minimum absolute atomic E-state index is 0.558. The lowest BCUT2D eigenvalue weighted by Gasteiger charge is -2.26. The van der Waals surface area contributed by atoms with E-state index in [0.29, 0.717) is 5.92 Å². The molecular weight excluding hydrogens is 593 g/mol. The minimum Gasteiger partial charge on any atom is -0.340 e. The Hall–Kier alpha value is -4.95. The smallest absolute Gasteiger partial charge is 0.214 e. The maximum atomic E-state index is 2.57. The van der Waals surface area contributed by atoms with Crippen molar-refractivity contribution in [2.45, 2.75) is 65.8 Å². The SMILES string of the molecule is CCCCn1/c(=C/C=C2\CC(C)CC(/C=C/C3=[N+](CCCC)c4cccc5cccc3c45)=C2c2ccccc2)c2cccc3cccc1c32. The topological polar surface area (TPSA) is 7.94 Å². The molecule has 0 amide bonds. The van der Waals surface area contributed by atoms with Gasteiger partial charge in [0.05, 0.1) is 10.9 Å². The maximum absolute atomic E-state index is 2.57. The summed E-state index contributed by atoms with van der Waals surface area (Å²) in [5.41, 5.74) is 11.0. The molecule has 0 fully saturated rings. The van der Waals surface area contributed by atoms with Crippen molar-refractivity contribution in [3.8, 4) is 0 Å². The predicted molar refractivity (Wildman–Crippen MR) is 211 cm³/mol. The van der Waals surface area contributed by atoms with Crippen molar-refractivity contribution in [1.29, 1.82) is 0 Å². The molecule has 2 heterocycles. The van der Waals surface area contributed by atoms with Crippen molar-refractivity contribution in [2.75, 3.05) is 6.54 Å². The second-order valence-electron chi connectivity index (χ2n) is 14.1. The molecule has 0 N–H and O–H groups in total. The van der Waals surface area contributed by atoms with Crippen molar-refractivity contribution < 1.29 is 4.58 Å². The summed E-state index contributed by atoms with van der Waals surface area (Å²) in [5, 5.41) is 8.12. The van der Waals surface area contributed by atoms with Crippen LogP contribution in [0.15, 0.2) is 133 Å². The van der Waals surface area contributed by atoms with Crippen LogP contribution in [0.5, 0.6) is 0 Å². The molecule has 1 aliphatic carbocycles. The fourth-order valence-corrected chi connectivity index (χ4v) is 8.41. The van der Waals surface area contributed by atoms with Crippen molar-refractivity contribution in [1.82, 2.24) is 4.57 Å². The number of hydrogen-bond acceptors (Lipinski definition) is 0. The van der Waals surface area contributed by atoms with E-state index >= 15 is 0 Å². The zero-order chi connectivity index (χ0) is 33.3. The molecule has 0 radical (unpaired) electrons. The molecule has 6 aromatic rings. The summed E-state index contributed by atoms with van der Waals surface area (Å²) >= 11 is 0. The zero-order valence-electron chi connectivity index (χ0n) is 29.3. The van der Waals surface area contributed by atoms with Crippen molar-refractivity contribution in [2.24, 2.45) is 5.92 Å². The zero-order valence-corrected chi connectivity index (χ0v) is 29.3. The van der Waals surface area contributed by atoms with Gasteiger partial charge in [-0.05, 0) is 76.4 Å². The summed E-state index contributed by atoms with van der Waals surface area (Å²) in [6, 6.07) is 38.2. The van der Waals surface area contributed by atoms with E-state index in [2.05, 4.69) is 157 Å². The average molecular weight is 640 g/mol. The molecule has 5 aromatic carbocycles. The Morgan fingerprint density at radius 3 is 2.24 bits per heavy atom. The number of aryl methyl sites for hydroxylation is 1. The van der Waals surface area contributed by atoms with Crippen molar-refractivity contribution in [3.05, 3.63) is 149 Å². The van der Waals surface area contributed by atoms with E-state index in [-0.39, 0.29) is 0 Å². The van der Waals surface area contributed by atoms with Crippen LogP contribution in [0.3, 0.4) is 0 Å². The van der Waals surface area contributed by atoms with Gasteiger partial charge >= 0.3 is 0 Å². The lowest BCUT2D eigenvalue weighted by atomic mass is 9.78. The first-order chi connectivity index (χ1) is 24.2. The van der Waals surface area contributed by atoms with Gasteiger partial charge in [-0.2, -0.15) is 4.58 Å². The summed E-state index contributed by atoms with van der Waals surface area (Å²) in [6.45, 7) is 9.07. The number of allylic oxidation sites excluding steroid dienone is 6. The van der Waals surface area contributed by atoms with Gasteiger partial charge in [0.1, 0.15) is 6.54 Å². The number of aromatic nitrogens is 1. The van der Waals surface area contributed by atoms with E-state index in [0.717, 1.165) is 25.9 Å². The third-order valence-corrected chi connectivity index (χ3v) is 10.7. The maximum Gasteiger partial charge on any atom is 0.214 e. The fourth-order valence-electron chi connectivity index (χ4n) is 8.41. The lowest BCUT2D eigenvalue weighted by Crippen LogP contribution is -2.16. The molecule has 2 aliphatic rings. The molecule has 244 valence electrons. The molecule has 8 rings (SSSR count). The fraction of sp³-hybridized carbons (Fsp3) is 0.255. The summed E-state index contributed by atoms with van der Waals surface area (Å²) in [7, 11) is 0. The first kappa shape index (κ1) is 31.3. The van der Waals surface area contributed by atoms with Crippen molar-refractivity contribution in [3.63, 3.8) is 0 Å². The van der Waals surface area contributed by atoms with Gasteiger partial charge in [-0.1, -0.05) is 131 Å². The Morgan fingerprint density at radius 2 is 1.45 bits per heavy atom. The Kier molecular flexibility index (Phi) is 8.64. The van der Waals surface area contributed by atoms with E-state index in [1.807, 2.05) is 0 Å². The van der Waals surface area contributed by atoms with Crippen LogP contribution < -0.4 is 5.35 Å². The number of unbranched alkanes of at least 4 members (excludes halogenated alkanes) is 2. The monoisotopic (exact) mass is 639 g/mol. The van der Waals surface area contributed by atoms with E-state index < -0.39 is 0 Å². The van der Waals surface area contributed by atoms with Gasteiger partial charge < -0.3 is 4.57 Å². The number of hydrogen-bond donors (Lipinski definition) is 0. The highest BCUT2D eigenvalue weighted by atomic mass is 15.0. The predicted octanol–water partition coefficient (Wildman–Crippen LogP) is 11.6. The van der Waals surface area contributed by atoms with Crippen LogP contribution >= 0.6 is 0 Å². The molecule has 49 heavy (non-hydrogen) atoms. The van der Waals surface area contributed by atoms with Crippen LogP contribution in [0.4, 0.5) is 5.69 Å². The van der Waals surface area contributed by atoms with Gasteiger partial charge in [0.15, 0.2) is 0 Å². The standard InChI is InChI=1S/C47H47N2/c1-4-6-29-48-41(39-21-11-17-35-19-13-23-43(48)46(35)39)27-25-37-31-33(3)32-38(45(37)34-15-9-8-10-16-34)26-28-42-40-22-12-18-36-20-14-24-44(47(36)40)49(42)30-7-5-2/h8-28,33H,4-7,29-32H2,1-3H3/q+1. The van der Waals surface area contributed by atoms with Gasteiger partial charge in [0.2, 0.25) is 11.4 Å². The van der Waals surface area contributed by atoms with Gasteiger partial charge in [0, 0.05) is 46.7 Å². The second-order valence-corrected chi connectivity index (χ2v) is 14.1. The van der Waals surface area contributed by atoms with E-state index in [1.165, 1.54) is 103 Å². The molecule has 0 spiro atoms. The number of rotatable bonds is 10. The van der Waals surface area contributed by atoms with Crippen LogP contribution in [-0.4, -0.2) is 21.4 Å². The minimum atomic E-state index is 0.558. The Balaban J connectivity index is 1.30. The van der Waals surface area contributed by atoms with E-state index in [9.17, 15) is 0 Å². The summed E-state index contributed by atoms with van der Waals surface area (Å²) in [6.07, 6.45) is 16.6. The molecule has 1 unspecified atom stereocenters. The van der Waals surface area contributed by atoms with Crippen LogP contribution in [-0.2, 0) is 6.54 Å². The highest BCUT2D eigenvalue weighted by molar-refractivity contribution is 6.19. The Morgan fingerprint density at radius 1 is 0.714 bits per heavy atom. The number of benzene rings is 5. The van der Waals surface area contributed by atoms with Crippen LogP contribution in [0.1, 0.15) is 70.4 Å². The van der Waals surface area contributed by atoms with E-state index in [4.69, 9.17) is 0 Å². The lowest BCUT2D eigenvalue weighted by molar-refractivity contribution is -0.436. The van der Waals surface area contributed by atoms with Gasteiger partial charge in [0.25, 0.3) is 0 Å². The highest BCUT2D eigenvalue weighted by Gasteiger charge is 2.30. The molecule has 2 nitrogen and oxygen atoms in total. The first-order valence-electron chi connectivity index (χ1n) is 18.5. The molecular formula is C47H47N2+. The molecule has 1 aliphatic heterocycles. The highest BCUT2D eigenvalue weighted by Crippen LogP contribution is 2.41.